The van der Waals surface area contributed by atoms with Gasteiger partial charge in [0, 0.05) is 13.0 Å². The molecule has 104 valence electrons. The first-order valence-corrected chi connectivity index (χ1v) is 6.84. The number of ketones is 1. The molecule has 0 unspecified atom stereocenters. The van der Waals surface area contributed by atoms with E-state index in [9.17, 15) is 14.7 Å². The van der Waals surface area contributed by atoms with E-state index in [-0.39, 0.29) is 42.8 Å². The number of hydrogen-bond acceptors (Lipinski definition) is 4. The van der Waals surface area contributed by atoms with Crippen molar-refractivity contribution in [1.29, 1.82) is 0 Å². The highest BCUT2D eigenvalue weighted by atomic mass is 16.5. The fourth-order valence-electron chi connectivity index (χ4n) is 3.17. The van der Waals surface area contributed by atoms with Gasteiger partial charge < -0.3 is 9.84 Å². The molecule has 0 aliphatic heterocycles. The zero-order valence-electron chi connectivity index (χ0n) is 11.1. The number of hydrogen-bond donors (Lipinski definition) is 1. The molecule has 0 amide bonds. The Morgan fingerprint density at radius 1 is 1.47 bits per heavy atom. The van der Waals surface area contributed by atoms with Crippen LogP contribution >= 0.6 is 0 Å². The van der Waals surface area contributed by atoms with Crippen LogP contribution in [0.15, 0.2) is 23.8 Å². The van der Waals surface area contributed by atoms with Crippen LogP contribution in [0.2, 0.25) is 0 Å². The number of carbonyl (C=O) groups excluding carboxylic acids is 2. The molecule has 1 fully saturated rings. The van der Waals surface area contributed by atoms with Gasteiger partial charge in [0.2, 0.25) is 0 Å². The van der Waals surface area contributed by atoms with Crippen molar-refractivity contribution < 1.29 is 19.4 Å². The predicted molar refractivity (Wildman–Crippen MR) is 70.3 cm³/mol. The lowest BCUT2D eigenvalue weighted by Crippen LogP contribution is -2.35. The molecule has 2 atom stereocenters. The third kappa shape index (κ3) is 2.78. The van der Waals surface area contributed by atoms with Crippen LogP contribution in [0.3, 0.4) is 0 Å². The van der Waals surface area contributed by atoms with Crippen LogP contribution in [-0.4, -0.2) is 30.1 Å². The normalized spacial score (nSPS) is 26.9. The van der Waals surface area contributed by atoms with Crippen molar-refractivity contribution in [1.82, 2.24) is 0 Å². The van der Waals surface area contributed by atoms with Gasteiger partial charge in [0.1, 0.15) is 12.2 Å². The van der Waals surface area contributed by atoms with Gasteiger partial charge in [-0.05, 0) is 36.7 Å². The van der Waals surface area contributed by atoms with Crippen molar-refractivity contribution in [3.05, 3.63) is 23.8 Å². The zero-order chi connectivity index (χ0) is 13.8. The molecule has 2 rings (SSSR count). The van der Waals surface area contributed by atoms with Crippen molar-refractivity contribution in [3.63, 3.8) is 0 Å². The van der Waals surface area contributed by atoms with Crippen LogP contribution in [0.25, 0.3) is 0 Å². The largest absolute Gasteiger partial charge is 0.458 e. The number of aliphatic hydroxyl groups is 1. The summed E-state index contributed by atoms with van der Waals surface area (Å²) in [4.78, 5) is 24.1. The van der Waals surface area contributed by atoms with Gasteiger partial charge in [0.15, 0.2) is 5.78 Å². The van der Waals surface area contributed by atoms with E-state index in [0.717, 1.165) is 31.3 Å². The number of aliphatic hydroxyl groups excluding tert-OH is 1. The van der Waals surface area contributed by atoms with Gasteiger partial charge in [-0.1, -0.05) is 19.1 Å². The number of esters is 1. The molecule has 0 bridgehead atoms. The molecule has 4 heteroatoms. The summed E-state index contributed by atoms with van der Waals surface area (Å²) in [6, 6.07) is 0. The maximum atomic E-state index is 12.1. The van der Waals surface area contributed by atoms with Crippen LogP contribution < -0.4 is 0 Å². The summed E-state index contributed by atoms with van der Waals surface area (Å²) in [5.41, 5.74) is 1.16. The van der Waals surface area contributed by atoms with Gasteiger partial charge in [-0.25, -0.2) is 4.79 Å². The Labute approximate surface area is 113 Å². The van der Waals surface area contributed by atoms with E-state index in [1.807, 2.05) is 0 Å². The Balaban J connectivity index is 2.30. The molecular formula is C15H20O4. The maximum Gasteiger partial charge on any atom is 0.342 e. The molecule has 1 saturated carbocycles. The second-order valence-corrected chi connectivity index (χ2v) is 5.21. The molecule has 0 aromatic carbocycles. The molecule has 2 aliphatic carbocycles. The molecule has 1 N–H and O–H groups in total. The lowest BCUT2D eigenvalue weighted by Gasteiger charge is -2.36. The van der Waals surface area contributed by atoms with Crippen molar-refractivity contribution in [2.45, 2.75) is 32.1 Å². The first kappa shape index (κ1) is 14.0. The standard InChI is InChI=1S/C15H20O4/c1-2-7-19-15(18)14-12-6-4-3-5-11(12)10(9-16)8-13(14)17/h2,10-11,16H,1,3-9H2/t10-,11-/m1/s1. The summed E-state index contributed by atoms with van der Waals surface area (Å²) in [7, 11) is 0. The van der Waals surface area contributed by atoms with E-state index in [2.05, 4.69) is 6.58 Å². The van der Waals surface area contributed by atoms with Gasteiger partial charge in [-0.15, -0.1) is 0 Å². The number of carbonyl (C=O) groups is 2. The van der Waals surface area contributed by atoms with Crippen molar-refractivity contribution >= 4 is 11.8 Å². The fourth-order valence-corrected chi connectivity index (χ4v) is 3.17. The van der Waals surface area contributed by atoms with Crippen LogP contribution in [0.5, 0.6) is 0 Å². The third-order valence-electron chi connectivity index (χ3n) is 4.05. The highest BCUT2D eigenvalue weighted by molar-refractivity contribution is 6.18. The highest BCUT2D eigenvalue weighted by Crippen LogP contribution is 2.42. The van der Waals surface area contributed by atoms with Crippen LogP contribution in [0.1, 0.15) is 32.1 Å². The number of rotatable bonds is 4. The quantitative estimate of drug-likeness (QED) is 0.477. The minimum Gasteiger partial charge on any atom is -0.458 e. The van der Waals surface area contributed by atoms with E-state index >= 15 is 0 Å². The van der Waals surface area contributed by atoms with E-state index < -0.39 is 5.97 Å². The second kappa shape index (κ2) is 6.15. The first-order valence-electron chi connectivity index (χ1n) is 6.84. The summed E-state index contributed by atoms with van der Waals surface area (Å²) in [5.74, 6) is -0.564. The minimum absolute atomic E-state index is 0.00882. The smallest absolute Gasteiger partial charge is 0.342 e. The predicted octanol–water partition coefficient (Wildman–Crippen LogP) is 1.78. The number of ether oxygens (including phenoxy) is 1. The second-order valence-electron chi connectivity index (χ2n) is 5.21. The van der Waals surface area contributed by atoms with E-state index in [1.54, 1.807) is 0 Å². The Kier molecular flexibility index (Phi) is 4.53. The Morgan fingerprint density at radius 2 is 2.26 bits per heavy atom. The number of Topliss-reactive ketones (excluding diaryl/α,β-unsaturated/α-hetero) is 1. The summed E-state index contributed by atoms with van der Waals surface area (Å²) in [6.07, 6.45) is 5.55. The van der Waals surface area contributed by atoms with E-state index in [4.69, 9.17) is 4.74 Å². The Hall–Kier alpha value is -1.42. The molecule has 19 heavy (non-hydrogen) atoms. The molecule has 0 saturated heterocycles. The molecule has 2 aliphatic rings. The summed E-state index contributed by atoms with van der Waals surface area (Å²) >= 11 is 0. The van der Waals surface area contributed by atoms with Gasteiger partial charge in [-0.2, -0.15) is 0 Å². The Bertz CT molecular complexity index is 422. The highest BCUT2D eigenvalue weighted by Gasteiger charge is 2.39. The van der Waals surface area contributed by atoms with Crippen LogP contribution in [0.4, 0.5) is 0 Å². The fraction of sp³-hybridized carbons (Fsp3) is 0.600. The molecule has 0 aromatic heterocycles. The summed E-state index contributed by atoms with van der Waals surface area (Å²) < 4.78 is 5.02. The van der Waals surface area contributed by atoms with Gasteiger partial charge in [-0.3, -0.25) is 4.79 Å². The van der Waals surface area contributed by atoms with Crippen molar-refractivity contribution in [2.75, 3.05) is 13.2 Å². The molecular weight excluding hydrogens is 244 g/mol. The molecule has 0 radical (unpaired) electrons. The van der Waals surface area contributed by atoms with Gasteiger partial charge in [0.05, 0.1) is 0 Å². The average Bonchev–Trinajstić information content (AvgIpc) is 2.43. The number of fused-ring (bicyclic) bond motifs is 1. The summed E-state index contributed by atoms with van der Waals surface area (Å²) in [5, 5.41) is 9.41. The molecule has 0 heterocycles. The number of allylic oxidation sites excluding steroid dienone is 1. The monoisotopic (exact) mass is 264 g/mol. The van der Waals surface area contributed by atoms with Crippen molar-refractivity contribution in [2.24, 2.45) is 11.8 Å². The minimum atomic E-state index is -0.525. The first-order chi connectivity index (χ1) is 9.19. The lowest BCUT2D eigenvalue weighted by atomic mass is 9.68. The van der Waals surface area contributed by atoms with Crippen molar-refractivity contribution in [3.8, 4) is 0 Å². The topological polar surface area (TPSA) is 63.6 Å². The SMILES string of the molecule is C=CCOC(=O)C1=C2CCCC[C@@H]2[C@@H](CO)CC1=O. The molecule has 4 nitrogen and oxygen atoms in total. The average molecular weight is 264 g/mol. The van der Waals surface area contributed by atoms with Gasteiger partial charge >= 0.3 is 5.97 Å². The van der Waals surface area contributed by atoms with Crippen LogP contribution in [-0.2, 0) is 14.3 Å². The van der Waals surface area contributed by atoms with Gasteiger partial charge in [0.25, 0.3) is 0 Å². The lowest BCUT2D eigenvalue weighted by molar-refractivity contribution is -0.140. The van der Waals surface area contributed by atoms with Crippen LogP contribution in [0, 0.1) is 11.8 Å². The van der Waals surface area contributed by atoms with E-state index in [0.29, 0.717) is 0 Å². The maximum absolute atomic E-state index is 12.1. The third-order valence-corrected chi connectivity index (χ3v) is 4.05. The zero-order valence-corrected chi connectivity index (χ0v) is 11.1. The molecule has 0 spiro atoms. The molecule has 0 aromatic rings. The van der Waals surface area contributed by atoms with E-state index in [1.165, 1.54) is 6.08 Å². The Morgan fingerprint density at radius 3 is 2.95 bits per heavy atom. The summed E-state index contributed by atoms with van der Waals surface area (Å²) in [6.45, 7) is 3.62.